The van der Waals surface area contributed by atoms with Crippen molar-refractivity contribution in [2.45, 2.75) is 44.4 Å². The number of nitrogens with one attached hydrogen (secondary N) is 2. The van der Waals surface area contributed by atoms with Crippen molar-refractivity contribution in [2.24, 2.45) is 5.92 Å². The lowest BCUT2D eigenvalue weighted by Gasteiger charge is -2.20. The van der Waals surface area contributed by atoms with Crippen molar-refractivity contribution in [1.29, 1.82) is 0 Å². The van der Waals surface area contributed by atoms with Gasteiger partial charge in [0.15, 0.2) is 0 Å². The summed E-state index contributed by atoms with van der Waals surface area (Å²) in [6.07, 6.45) is 5.52. The number of likely N-dealkylation sites (tertiary alicyclic amines) is 1. The number of imidazole rings is 1. The number of amides is 1. The Morgan fingerprint density at radius 3 is 2.94 bits per heavy atom. The average Bonchev–Trinajstić information content (AvgIpc) is 3.40. The van der Waals surface area contributed by atoms with E-state index in [1.807, 2.05) is 24.3 Å². The molecule has 0 aliphatic carbocycles. The molecular formula is C25H29N5O3. The zero-order valence-corrected chi connectivity index (χ0v) is 18.6. The molecule has 8 nitrogen and oxygen atoms in total. The maximum Gasteiger partial charge on any atom is 0.316 e. The predicted molar refractivity (Wildman–Crippen MR) is 125 cm³/mol. The number of rotatable bonds is 8. The number of hydrogen-bond acceptors (Lipinski definition) is 5. The zero-order chi connectivity index (χ0) is 22.8. The van der Waals surface area contributed by atoms with E-state index in [1.165, 1.54) is 5.56 Å². The number of nitrogens with zero attached hydrogens (tertiary/aromatic N) is 3. The fourth-order valence-electron chi connectivity index (χ4n) is 4.93. The number of aryl methyl sites for hydroxylation is 2. The van der Waals surface area contributed by atoms with Crippen LogP contribution in [-0.2, 0) is 22.4 Å². The Kier molecular flexibility index (Phi) is 5.98. The number of pyridine rings is 1. The second kappa shape index (κ2) is 9.21. The Hall–Kier alpha value is -3.42. The van der Waals surface area contributed by atoms with Gasteiger partial charge in [0, 0.05) is 31.2 Å². The number of fused-ring (bicyclic) bond motifs is 2. The van der Waals surface area contributed by atoms with Gasteiger partial charge in [-0.05, 0) is 62.3 Å². The molecule has 172 valence electrons. The van der Waals surface area contributed by atoms with Gasteiger partial charge >= 0.3 is 5.97 Å². The normalized spacial score (nSPS) is 18.8. The molecule has 3 N–H and O–H groups in total. The molecule has 2 aliphatic heterocycles. The first kappa shape index (κ1) is 21.4. The summed E-state index contributed by atoms with van der Waals surface area (Å²) in [7, 11) is 0. The molecule has 2 aromatic heterocycles. The van der Waals surface area contributed by atoms with Crippen LogP contribution in [0.1, 0.15) is 48.7 Å². The quantitative estimate of drug-likeness (QED) is 0.488. The van der Waals surface area contributed by atoms with Crippen molar-refractivity contribution in [2.75, 3.05) is 25.0 Å². The highest BCUT2D eigenvalue weighted by Crippen LogP contribution is 2.27. The molecule has 8 heteroatoms. The maximum absolute atomic E-state index is 13.0. The van der Waals surface area contributed by atoms with Crippen molar-refractivity contribution < 1.29 is 14.7 Å². The molecule has 33 heavy (non-hydrogen) atoms. The first-order valence-corrected chi connectivity index (χ1v) is 11.8. The Morgan fingerprint density at radius 2 is 2.09 bits per heavy atom. The lowest BCUT2D eigenvalue weighted by molar-refractivity contribution is -0.140. The molecule has 1 saturated heterocycles. The third-order valence-corrected chi connectivity index (χ3v) is 6.78. The molecule has 1 unspecified atom stereocenters. The lowest BCUT2D eigenvalue weighted by atomic mass is 9.99. The number of anilines is 1. The van der Waals surface area contributed by atoms with Crippen molar-refractivity contribution in [3.8, 4) is 0 Å². The fraction of sp³-hybridized carbons (Fsp3) is 0.440. The molecule has 1 fully saturated rings. The molecule has 1 aromatic carbocycles. The molecule has 2 aliphatic rings. The van der Waals surface area contributed by atoms with Gasteiger partial charge < -0.3 is 20.3 Å². The minimum absolute atomic E-state index is 0.0501. The number of aromatic nitrogens is 3. The van der Waals surface area contributed by atoms with Crippen molar-refractivity contribution in [1.82, 2.24) is 19.9 Å². The third kappa shape index (κ3) is 4.55. The van der Waals surface area contributed by atoms with E-state index in [2.05, 4.69) is 27.4 Å². The van der Waals surface area contributed by atoms with E-state index >= 15 is 0 Å². The number of H-pyrrole nitrogens is 1. The van der Waals surface area contributed by atoms with E-state index in [4.69, 9.17) is 4.98 Å². The molecule has 1 amide bonds. The van der Waals surface area contributed by atoms with Gasteiger partial charge in [-0.1, -0.05) is 18.2 Å². The minimum atomic E-state index is -0.975. The smallest absolute Gasteiger partial charge is 0.316 e. The summed E-state index contributed by atoms with van der Waals surface area (Å²) < 4.78 is 0. The van der Waals surface area contributed by atoms with Crippen molar-refractivity contribution >= 4 is 28.7 Å². The summed E-state index contributed by atoms with van der Waals surface area (Å²) in [4.78, 5) is 38.9. The molecule has 5 rings (SSSR count). The topological polar surface area (TPSA) is 111 Å². The number of benzene rings is 1. The molecule has 4 heterocycles. The van der Waals surface area contributed by atoms with Crippen molar-refractivity contribution in [3.63, 3.8) is 0 Å². The summed E-state index contributed by atoms with van der Waals surface area (Å²) in [6.45, 7) is 1.71. The molecule has 0 bridgehead atoms. The van der Waals surface area contributed by atoms with E-state index in [0.29, 0.717) is 12.4 Å². The zero-order valence-electron chi connectivity index (χ0n) is 18.6. The van der Waals surface area contributed by atoms with Crippen LogP contribution in [0.4, 0.5) is 5.82 Å². The van der Waals surface area contributed by atoms with Crippen LogP contribution in [0.15, 0.2) is 36.4 Å². The summed E-state index contributed by atoms with van der Waals surface area (Å²) in [5.74, 6) is -0.438. The second-order valence-corrected chi connectivity index (χ2v) is 9.03. The number of carbonyl (C=O) groups is 2. The molecule has 3 aromatic rings. The van der Waals surface area contributed by atoms with Gasteiger partial charge in [0.05, 0.1) is 11.0 Å². The van der Waals surface area contributed by atoms with E-state index < -0.39 is 11.9 Å². The van der Waals surface area contributed by atoms with Gasteiger partial charge in [-0.2, -0.15) is 0 Å². The van der Waals surface area contributed by atoms with Crippen LogP contribution in [0.3, 0.4) is 0 Å². The number of para-hydroxylation sites is 2. The highest BCUT2D eigenvalue weighted by Gasteiger charge is 2.35. The number of carboxylic acid groups (broad SMARTS) is 1. The Bertz CT molecular complexity index is 1140. The molecule has 2 atom stereocenters. The Morgan fingerprint density at radius 1 is 1.21 bits per heavy atom. The average molecular weight is 448 g/mol. The van der Waals surface area contributed by atoms with Crippen LogP contribution in [-0.4, -0.2) is 56.5 Å². The van der Waals surface area contributed by atoms with E-state index in [1.54, 1.807) is 4.90 Å². The van der Waals surface area contributed by atoms with Crippen molar-refractivity contribution in [3.05, 3.63) is 53.5 Å². The summed E-state index contributed by atoms with van der Waals surface area (Å²) in [6, 6.07) is 11.7. The van der Waals surface area contributed by atoms with Crippen LogP contribution >= 0.6 is 0 Å². The van der Waals surface area contributed by atoms with Gasteiger partial charge in [-0.25, -0.2) is 9.97 Å². The fourth-order valence-corrected chi connectivity index (χ4v) is 4.93. The van der Waals surface area contributed by atoms with Crippen LogP contribution < -0.4 is 5.32 Å². The van der Waals surface area contributed by atoms with Gasteiger partial charge in [0.25, 0.3) is 0 Å². The summed E-state index contributed by atoms with van der Waals surface area (Å²) >= 11 is 0. The SMILES string of the molecule is O=C(O)[C@@H](CN1CCC(CCCc2ccc3c(n2)NCCC3)C1=O)c1nc2ccccc2[nH]1. The van der Waals surface area contributed by atoms with Gasteiger partial charge in [0.1, 0.15) is 17.6 Å². The highest BCUT2D eigenvalue weighted by molar-refractivity contribution is 5.83. The lowest BCUT2D eigenvalue weighted by Crippen LogP contribution is -2.34. The van der Waals surface area contributed by atoms with Gasteiger partial charge in [0.2, 0.25) is 5.91 Å². The molecular weight excluding hydrogens is 418 g/mol. The van der Waals surface area contributed by atoms with Crippen LogP contribution in [0.5, 0.6) is 0 Å². The molecule has 0 saturated carbocycles. The third-order valence-electron chi connectivity index (χ3n) is 6.78. The van der Waals surface area contributed by atoms with E-state index in [9.17, 15) is 14.7 Å². The first-order chi connectivity index (χ1) is 16.1. The highest BCUT2D eigenvalue weighted by atomic mass is 16.4. The summed E-state index contributed by atoms with van der Waals surface area (Å²) in [5, 5.41) is 13.2. The predicted octanol–water partition coefficient (Wildman–Crippen LogP) is 3.36. The maximum atomic E-state index is 13.0. The molecule has 0 radical (unpaired) electrons. The van der Waals surface area contributed by atoms with Crippen LogP contribution in [0.2, 0.25) is 0 Å². The largest absolute Gasteiger partial charge is 0.481 e. The number of hydrogen-bond donors (Lipinski definition) is 3. The standard InChI is InChI=1S/C25H29N5O3/c31-24-17(5-3-7-18-11-10-16-6-4-13-26-22(16)27-18)12-14-30(24)15-19(25(32)33)23-28-20-8-1-2-9-21(20)29-23/h1-2,8-11,17,19H,3-7,12-15H2,(H,26,27)(H,28,29)(H,32,33)/t17?,19-/m0/s1. The van der Waals surface area contributed by atoms with Gasteiger partial charge in [-0.15, -0.1) is 0 Å². The summed E-state index contributed by atoms with van der Waals surface area (Å²) in [5.41, 5.74) is 3.87. The minimum Gasteiger partial charge on any atom is -0.481 e. The van der Waals surface area contributed by atoms with Crippen LogP contribution in [0, 0.1) is 5.92 Å². The number of aliphatic carboxylic acids is 1. The number of carbonyl (C=O) groups excluding carboxylic acids is 1. The van der Waals surface area contributed by atoms with E-state index in [0.717, 1.165) is 67.6 Å². The number of carboxylic acids is 1. The first-order valence-electron chi connectivity index (χ1n) is 11.8. The second-order valence-electron chi connectivity index (χ2n) is 9.03. The molecule has 0 spiro atoms. The Balaban J connectivity index is 1.17. The van der Waals surface area contributed by atoms with E-state index in [-0.39, 0.29) is 18.4 Å². The van der Waals surface area contributed by atoms with Gasteiger partial charge in [-0.3, -0.25) is 9.59 Å². The monoisotopic (exact) mass is 447 g/mol. The number of aromatic amines is 1. The van der Waals surface area contributed by atoms with Crippen LogP contribution in [0.25, 0.3) is 11.0 Å². The Labute approximate surface area is 192 Å².